The van der Waals surface area contributed by atoms with Gasteiger partial charge in [0.2, 0.25) is 0 Å². The van der Waals surface area contributed by atoms with Crippen LogP contribution in [0, 0.1) is 11.3 Å². The molecule has 1 rings (SSSR count). The van der Waals surface area contributed by atoms with Crippen LogP contribution in [-0.4, -0.2) is 9.84 Å². The van der Waals surface area contributed by atoms with Crippen molar-refractivity contribution in [2.45, 2.75) is 16.8 Å². The van der Waals surface area contributed by atoms with Crippen molar-refractivity contribution >= 4 is 31.9 Å². The lowest BCUT2D eigenvalue weighted by Crippen LogP contribution is -2.17. The summed E-state index contributed by atoms with van der Waals surface area (Å²) in [7, 11) is 0. The molecule has 0 saturated carbocycles. The van der Waals surface area contributed by atoms with Crippen LogP contribution < -0.4 is 4.74 Å². The van der Waals surface area contributed by atoms with Gasteiger partial charge in [-0.25, -0.2) is 0 Å². The molecule has 0 N–H and O–H groups in total. The maximum atomic E-state index is 8.59. The molecular formula is C10H9Br2NO. The topological polar surface area (TPSA) is 33.0 Å². The summed E-state index contributed by atoms with van der Waals surface area (Å²) in [6.07, 6.45) is 0. The number of benzene rings is 1. The van der Waals surface area contributed by atoms with Gasteiger partial charge in [-0.05, 0) is 47.1 Å². The first-order chi connectivity index (χ1) is 6.63. The summed E-state index contributed by atoms with van der Waals surface area (Å²) < 4.78 is 5.54. The number of hydrogen-bond acceptors (Lipinski definition) is 2. The Kier molecular flexibility index (Phi) is 4.43. The minimum atomic E-state index is -0.0737. The van der Waals surface area contributed by atoms with Crippen LogP contribution in [0.3, 0.4) is 0 Å². The highest BCUT2D eigenvalue weighted by Gasteiger charge is 2.11. The van der Waals surface area contributed by atoms with Crippen LogP contribution in [-0.2, 0) is 0 Å². The van der Waals surface area contributed by atoms with E-state index in [-0.39, 0.29) is 9.84 Å². The van der Waals surface area contributed by atoms with Crippen molar-refractivity contribution in [3.05, 3.63) is 29.8 Å². The highest BCUT2D eigenvalue weighted by molar-refractivity contribution is 9.12. The first kappa shape index (κ1) is 11.5. The molecule has 4 heteroatoms. The van der Waals surface area contributed by atoms with E-state index >= 15 is 0 Å². The van der Waals surface area contributed by atoms with Crippen LogP contribution >= 0.6 is 31.9 Å². The second-order valence-electron chi connectivity index (χ2n) is 2.78. The van der Waals surface area contributed by atoms with E-state index in [1.54, 1.807) is 24.3 Å². The summed E-state index contributed by atoms with van der Waals surface area (Å²) in [6, 6.07) is 9.07. The van der Waals surface area contributed by atoms with Crippen molar-refractivity contribution in [1.82, 2.24) is 0 Å². The SMILES string of the molecule is C[C@@H](Br)[C@H](Br)Oc1ccc(C#N)cc1. The molecule has 2 atom stereocenters. The maximum absolute atomic E-state index is 8.59. The quantitative estimate of drug-likeness (QED) is 0.800. The molecule has 1 aromatic carbocycles. The average molecular weight is 319 g/mol. The van der Waals surface area contributed by atoms with Crippen LogP contribution in [0.5, 0.6) is 5.75 Å². The van der Waals surface area contributed by atoms with Crippen LogP contribution in [0.15, 0.2) is 24.3 Å². The predicted molar refractivity (Wildman–Crippen MR) is 62.9 cm³/mol. The van der Waals surface area contributed by atoms with E-state index in [0.29, 0.717) is 5.56 Å². The van der Waals surface area contributed by atoms with Gasteiger partial charge >= 0.3 is 0 Å². The summed E-state index contributed by atoms with van der Waals surface area (Å²) in [4.78, 5) is 0.221. The zero-order chi connectivity index (χ0) is 10.6. The zero-order valence-electron chi connectivity index (χ0n) is 7.58. The molecule has 0 fully saturated rings. The Bertz CT molecular complexity index is 329. The molecular weight excluding hydrogens is 310 g/mol. The lowest BCUT2D eigenvalue weighted by molar-refractivity contribution is 0.297. The van der Waals surface area contributed by atoms with E-state index in [0.717, 1.165) is 5.75 Å². The van der Waals surface area contributed by atoms with Gasteiger partial charge in [0, 0.05) is 0 Å². The van der Waals surface area contributed by atoms with Gasteiger partial charge in [0.1, 0.15) is 5.75 Å². The maximum Gasteiger partial charge on any atom is 0.165 e. The fourth-order valence-corrected chi connectivity index (χ4v) is 1.16. The third kappa shape index (κ3) is 3.32. The fourth-order valence-electron chi connectivity index (χ4n) is 0.832. The number of hydrogen-bond donors (Lipinski definition) is 0. The molecule has 0 spiro atoms. The van der Waals surface area contributed by atoms with E-state index in [1.165, 1.54) is 0 Å². The van der Waals surface area contributed by atoms with Gasteiger partial charge < -0.3 is 4.74 Å². The zero-order valence-corrected chi connectivity index (χ0v) is 10.7. The molecule has 0 saturated heterocycles. The van der Waals surface area contributed by atoms with Gasteiger partial charge in [-0.1, -0.05) is 15.9 Å². The van der Waals surface area contributed by atoms with Crippen molar-refractivity contribution < 1.29 is 4.74 Å². The van der Waals surface area contributed by atoms with E-state index in [9.17, 15) is 0 Å². The number of ether oxygens (including phenoxy) is 1. The Morgan fingerprint density at radius 3 is 2.29 bits per heavy atom. The second kappa shape index (κ2) is 5.38. The lowest BCUT2D eigenvalue weighted by Gasteiger charge is -2.14. The van der Waals surface area contributed by atoms with Crippen molar-refractivity contribution in [1.29, 1.82) is 5.26 Å². The van der Waals surface area contributed by atoms with Gasteiger partial charge in [0.05, 0.1) is 16.5 Å². The second-order valence-corrected chi connectivity index (χ2v) is 5.13. The third-order valence-corrected chi connectivity index (χ3v) is 3.76. The van der Waals surface area contributed by atoms with Gasteiger partial charge in [0.15, 0.2) is 5.01 Å². The molecule has 74 valence electrons. The smallest absolute Gasteiger partial charge is 0.165 e. The summed E-state index contributed by atoms with van der Waals surface area (Å²) in [5, 5.41) is 8.52. The number of rotatable bonds is 3. The van der Waals surface area contributed by atoms with Crippen LogP contribution in [0.4, 0.5) is 0 Å². The van der Waals surface area contributed by atoms with Crippen molar-refractivity contribution in [3.63, 3.8) is 0 Å². The molecule has 0 bridgehead atoms. The van der Waals surface area contributed by atoms with E-state index in [2.05, 4.69) is 37.9 Å². The average Bonchev–Trinajstić information content (AvgIpc) is 2.19. The Hall–Kier alpha value is -0.530. The van der Waals surface area contributed by atoms with E-state index in [4.69, 9.17) is 10.00 Å². The number of alkyl halides is 2. The number of nitrogens with zero attached hydrogens (tertiary/aromatic N) is 1. The molecule has 1 aromatic rings. The molecule has 0 unspecified atom stereocenters. The summed E-state index contributed by atoms with van der Waals surface area (Å²) >= 11 is 6.78. The van der Waals surface area contributed by atoms with Crippen molar-refractivity contribution in [2.24, 2.45) is 0 Å². The van der Waals surface area contributed by atoms with Gasteiger partial charge in [-0.2, -0.15) is 5.26 Å². The largest absolute Gasteiger partial charge is 0.478 e. The molecule has 0 aromatic heterocycles. The number of nitriles is 1. The first-order valence-electron chi connectivity index (χ1n) is 4.08. The molecule has 0 radical (unpaired) electrons. The molecule has 0 aliphatic rings. The van der Waals surface area contributed by atoms with Crippen LogP contribution in [0.25, 0.3) is 0 Å². The highest BCUT2D eigenvalue weighted by atomic mass is 79.9. The third-order valence-electron chi connectivity index (χ3n) is 1.59. The lowest BCUT2D eigenvalue weighted by atomic mass is 10.2. The predicted octanol–water partition coefficient (Wildman–Crippen LogP) is 3.44. The molecule has 0 aliphatic heterocycles. The molecule has 0 aliphatic carbocycles. The standard InChI is InChI=1S/C10H9Br2NO/c1-7(11)10(12)14-9-4-2-8(6-13)3-5-9/h2-5,7,10H,1H3/t7-,10-/m1/s1. The normalized spacial score (nSPS) is 14.1. The molecule has 0 heterocycles. The highest BCUT2D eigenvalue weighted by Crippen LogP contribution is 2.20. The monoisotopic (exact) mass is 317 g/mol. The summed E-state index contributed by atoms with van der Waals surface area (Å²) in [5.74, 6) is 0.747. The Labute approximate surface area is 100 Å². The van der Waals surface area contributed by atoms with Gasteiger partial charge in [-0.15, -0.1) is 0 Å². The van der Waals surface area contributed by atoms with Crippen LogP contribution in [0.1, 0.15) is 12.5 Å². The van der Waals surface area contributed by atoms with Crippen molar-refractivity contribution in [3.8, 4) is 11.8 Å². The summed E-state index contributed by atoms with van der Waals surface area (Å²) in [5.41, 5.74) is 0.635. The molecule has 2 nitrogen and oxygen atoms in total. The van der Waals surface area contributed by atoms with Gasteiger partial charge in [-0.3, -0.25) is 0 Å². The van der Waals surface area contributed by atoms with E-state index < -0.39 is 0 Å². The van der Waals surface area contributed by atoms with Gasteiger partial charge in [0.25, 0.3) is 0 Å². The minimum absolute atomic E-state index is 0.0737. The Morgan fingerprint density at radius 1 is 1.29 bits per heavy atom. The summed E-state index contributed by atoms with van der Waals surface area (Å²) in [6.45, 7) is 1.99. The van der Waals surface area contributed by atoms with Crippen LogP contribution in [0.2, 0.25) is 0 Å². The Morgan fingerprint density at radius 2 is 1.86 bits per heavy atom. The minimum Gasteiger partial charge on any atom is -0.478 e. The number of halogens is 2. The molecule has 0 amide bonds. The first-order valence-corrected chi connectivity index (χ1v) is 5.91. The van der Waals surface area contributed by atoms with E-state index in [1.807, 2.05) is 6.92 Å². The van der Waals surface area contributed by atoms with Crippen molar-refractivity contribution in [2.75, 3.05) is 0 Å². The Balaban J connectivity index is 2.65. The fraction of sp³-hybridized carbons (Fsp3) is 0.300. The molecule has 14 heavy (non-hydrogen) atoms.